The number of hydrogen-bond donors (Lipinski definition) is 1. The number of rotatable bonds is 3. The van der Waals surface area contributed by atoms with Gasteiger partial charge in [0, 0.05) is 6.42 Å². The van der Waals surface area contributed by atoms with Crippen LogP contribution < -0.4 is 29.6 Å². The number of aliphatic carboxylic acids is 1. The summed E-state index contributed by atoms with van der Waals surface area (Å²) in [5.74, 6) is -2.03. The SMILES string of the molecule is CCCC(=O)C(=O)O.[H-].[Na+]. The summed E-state index contributed by atoms with van der Waals surface area (Å²) in [6.45, 7) is 1.76. The van der Waals surface area contributed by atoms with Crippen LogP contribution in [0.4, 0.5) is 0 Å². The second-order valence-corrected chi connectivity index (χ2v) is 1.48. The molecule has 0 heterocycles. The predicted molar refractivity (Wildman–Crippen MR) is 28.7 cm³/mol. The summed E-state index contributed by atoms with van der Waals surface area (Å²) in [6, 6.07) is 0. The van der Waals surface area contributed by atoms with Crippen LogP contribution in [0.25, 0.3) is 0 Å². The molecule has 9 heavy (non-hydrogen) atoms. The molecular formula is C5H9NaO3. The van der Waals surface area contributed by atoms with Gasteiger partial charge >= 0.3 is 35.5 Å². The molecule has 0 bridgehead atoms. The van der Waals surface area contributed by atoms with Crippen molar-refractivity contribution in [3.8, 4) is 0 Å². The molecule has 1 N–H and O–H groups in total. The fourth-order valence-electron chi connectivity index (χ4n) is 0.334. The Hall–Kier alpha value is 0.140. The zero-order chi connectivity index (χ0) is 6.57. The summed E-state index contributed by atoms with van der Waals surface area (Å²) < 4.78 is 0. The molecule has 0 aromatic rings. The van der Waals surface area contributed by atoms with Crippen molar-refractivity contribution in [2.45, 2.75) is 19.8 Å². The van der Waals surface area contributed by atoms with E-state index in [1.807, 2.05) is 0 Å². The Balaban J connectivity index is -0.000000245. The molecule has 0 amide bonds. The van der Waals surface area contributed by atoms with E-state index >= 15 is 0 Å². The van der Waals surface area contributed by atoms with E-state index in [4.69, 9.17) is 5.11 Å². The maximum atomic E-state index is 10.1. The van der Waals surface area contributed by atoms with Crippen LogP contribution in [-0.4, -0.2) is 16.9 Å². The predicted octanol–water partition coefficient (Wildman–Crippen LogP) is -2.44. The molecule has 0 rings (SSSR count). The number of carboxylic acid groups (broad SMARTS) is 1. The first-order valence-corrected chi connectivity index (χ1v) is 2.44. The average Bonchev–Trinajstić information content (AvgIpc) is 1.67. The molecule has 0 atom stereocenters. The van der Waals surface area contributed by atoms with Crippen LogP contribution in [0.2, 0.25) is 0 Å². The van der Waals surface area contributed by atoms with Crippen LogP contribution >= 0.6 is 0 Å². The Morgan fingerprint density at radius 1 is 1.56 bits per heavy atom. The number of Topliss-reactive ketones (excluding diaryl/α,β-unsaturated/α-hetero) is 1. The Morgan fingerprint density at radius 3 is 2.11 bits per heavy atom. The third kappa shape index (κ3) is 6.02. The van der Waals surface area contributed by atoms with Crippen molar-refractivity contribution in [3.05, 3.63) is 0 Å². The standard InChI is InChI=1S/C5H8O3.Na.H/c1-2-3-4(6)5(7)8;;/h2-3H2,1H3,(H,7,8);;/q;+1;-1. The fraction of sp³-hybridized carbons (Fsp3) is 0.600. The summed E-state index contributed by atoms with van der Waals surface area (Å²) in [6.07, 6.45) is 0.750. The summed E-state index contributed by atoms with van der Waals surface area (Å²) in [5, 5.41) is 7.96. The van der Waals surface area contributed by atoms with Crippen molar-refractivity contribution in [2.75, 3.05) is 0 Å². The van der Waals surface area contributed by atoms with Crippen LogP contribution in [0.3, 0.4) is 0 Å². The van der Waals surface area contributed by atoms with Crippen molar-refractivity contribution in [1.29, 1.82) is 0 Å². The van der Waals surface area contributed by atoms with Gasteiger partial charge in [0.15, 0.2) is 0 Å². The van der Waals surface area contributed by atoms with E-state index in [2.05, 4.69) is 0 Å². The van der Waals surface area contributed by atoms with Gasteiger partial charge < -0.3 is 6.53 Å². The van der Waals surface area contributed by atoms with Crippen LogP contribution in [0, 0.1) is 0 Å². The first-order valence-electron chi connectivity index (χ1n) is 2.44. The molecule has 0 saturated carbocycles. The Kier molecular flexibility index (Phi) is 8.27. The van der Waals surface area contributed by atoms with Crippen molar-refractivity contribution < 1.29 is 45.7 Å². The number of carbonyl (C=O) groups excluding carboxylic acids is 1. The Labute approximate surface area is 77.2 Å². The molecule has 0 spiro atoms. The zero-order valence-corrected chi connectivity index (χ0v) is 7.68. The number of carboxylic acids is 1. The molecule has 0 aromatic heterocycles. The molecule has 0 saturated heterocycles. The molecule has 0 radical (unpaired) electrons. The van der Waals surface area contributed by atoms with Gasteiger partial charge in [-0.1, -0.05) is 6.92 Å². The largest absolute Gasteiger partial charge is 1.00 e. The Morgan fingerprint density at radius 2 is 2.00 bits per heavy atom. The van der Waals surface area contributed by atoms with Crippen LogP contribution in [0.15, 0.2) is 0 Å². The van der Waals surface area contributed by atoms with E-state index in [1.54, 1.807) is 6.92 Å². The molecular weight excluding hydrogens is 131 g/mol. The quantitative estimate of drug-likeness (QED) is 0.350. The number of hydrogen-bond acceptors (Lipinski definition) is 2. The third-order valence-corrected chi connectivity index (χ3v) is 0.716. The molecule has 3 nitrogen and oxygen atoms in total. The van der Waals surface area contributed by atoms with Gasteiger partial charge in [0.25, 0.3) is 0 Å². The molecule has 0 fully saturated rings. The van der Waals surface area contributed by atoms with Gasteiger partial charge in [0.1, 0.15) is 0 Å². The summed E-state index contributed by atoms with van der Waals surface area (Å²) in [5.41, 5.74) is 0. The second-order valence-electron chi connectivity index (χ2n) is 1.48. The summed E-state index contributed by atoms with van der Waals surface area (Å²) in [4.78, 5) is 19.9. The van der Waals surface area contributed by atoms with Gasteiger partial charge in [-0.15, -0.1) is 0 Å². The molecule has 0 aliphatic heterocycles. The smallest absolute Gasteiger partial charge is 1.00 e. The van der Waals surface area contributed by atoms with Crippen molar-refractivity contribution in [3.63, 3.8) is 0 Å². The van der Waals surface area contributed by atoms with E-state index in [0.29, 0.717) is 6.42 Å². The molecule has 0 unspecified atom stereocenters. The van der Waals surface area contributed by atoms with Gasteiger partial charge in [0.2, 0.25) is 5.78 Å². The third-order valence-electron chi connectivity index (χ3n) is 0.716. The monoisotopic (exact) mass is 140 g/mol. The van der Waals surface area contributed by atoms with E-state index < -0.39 is 11.8 Å². The van der Waals surface area contributed by atoms with Crippen molar-refractivity contribution in [2.24, 2.45) is 0 Å². The van der Waals surface area contributed by atoms with Gasteiger partial charge in [-0.25, -0.2) is 4.79 Å². The molecule has 4 heteroatoms. The minimum absolute atomic E-state index is 0. The van der Waals surface area contributed by atoms with Gasteiger partial charge in [-0.3, -0.25) is 4.79 Å². The normalized spacial score (nSPS) is 7.67. The molecule has 48 valence electrons. The van der Waals surface area contributed by atoms with E-state index in [0.717, 1.165) is 0 Å². The van der Waals surface area contributed by atoms with Gasteiger partial charge in [-0.05, 0) is 6.42 Å². The maximum Gasteiger partial charge on any atom is 1.00 e. The van der Waals surface area contributed by atoms with Crippen LogP contribution in [0.5, 0.6) is 0 Å². The van der Waals surface area contributed by atoms with E-state index in [1.165, 1.54) is 0 Å². The minimum Gasteiger partial charge on any atom is -1.00 e. The first-order chi connectivity index (χ1) is 3.68. The number of carbonyl (C=O) groups is 2. The van der Waals surface area contributed by atoms with Crippen LogP contribution in [0.1, 0.15) is 21.2 Å². The minimum atomic E-state index is -1.33. The van der Waals surface area contributed by atoms with E-state index in [9.17, 15) is 9.59 Å². The van der Waals surface area contributed by atoms with Crippen molar-refractivity contribution in [1.82, 2.24) is 0 Å². The van der Waals surface area contributed by atoms with Crippen LogP contribution in [-0.2, 0) is 9.59 Å². The van der Waals surface area contributed by atoms with Gasteiger partial charge in [0.05, 0.1) is 0 Å². The first kappa shape index (κ1) is 11.9. The molecule has 0 aliphatic carbocycles. The molecule has 0 aliphatic rings. The van der Waals surface area contributed by atoms with E-state index in [-0.39, 0.29) is 37.4 Å². The van der Waals surface area contributed by atoms with Crippen molar-refractivity contribution >= 4 is 11.8 Å². The molecule has 0 aromatic carbocycles. The average molecular weight is 140 g/mol. The second kappa shape index (κ2) is 6.26. The summed E-state index contributed by atoms with van der Waals surface area (Å²) in [7, 11) is 0. The Bertz CT molecular complexity index is 115. The van der Waals surface area contributed by atoms with Gasteiger partial charge in [-0.2, -0.15) is 0 Å². The number of ketones is 1. The zero-order valence-electron chi connectivity index (χ0n) is 6.68. The fourth-order valence-corrected chi connectivity index (χ4v) is 0.334. The topological polar surface area (TPSA) is 54.4 Å². The maximum absolute atomic E-state index is 10.1. The summed E-state index contributed by atoms with van der Waals surface area (Å²) >= 11 is 0.